The van der Waals surface area contributed by atoms with Crippen LogP contribution in [0.5, 0.6) is 0 Å². The van der Waals surface area contributed by atoms with E-state index in [4.69, 9.17) is 9.84 Å². The molecule has 1 N–H and O–H groups in total. The summed E-state index contributed by atoms with van der Waals surface area (Å²) in [7, 11) is 0. The van der Waals surface area contributed by atoms with Gasteiger partial charge >= 0.3 is 5.97 Å². The predicted octanol–water partition coefficient (Wildman–Crippen LogP) is 2.15. The number of carboxylic acid groups (broad SMARTS) is 1. The van der Waals surface area contributed by atoms with Gasteiger partial charge in [-0.25, -0.2) is 9.18 Å². The Morgan fingerprint density at radius 1 is 1.37 bits per heavy atom. The number of ether oxygens (including phenoxy) is 1. The van der Waals surface area contributed by atoms with Crippen molar-refractivity contribution in [2.24, 2.45) is 0 Å². The molecule has 0 aliphatic carbocycles. The summed E-state index contributed by atoms with van der Waals surface area (Å²) in [6, 6.07) is 4.74. The zero-order valence-corrected chi connectivity index (χ0v) is 10.5. The number of hydrogen-bond acceptors (Lipinski definition) is 3. The molecule has 1 aromatic carbocycles. The van der Waals surface area contributed by atoms with E-state index in [0.717, 1.165) is 19.0 Å². The number of hydrogen-bond donors (Lipinski definition) is 1. The second-order valence-electron chi connectivity index (χ2n) is 4.34. The van der Waals surface area contributed by atoms with E-state index in [9.17, 15) is 9.18 Å². The summed E-state index contributed by atoms with van der Waals surface area (Å²) in [5.41, 5.74) is 1.08. The van der Waals surface area contributed by atoms with Gasteiger partial charge in [-0.15, -0.1) is 0 Å². The summed E-state index contributed by atoms with van der Waals surface area (Å²) < 4.78 is 19.4. The Kier molecular flexibility index (Phi) is 4.52. The zero-order valence-electron chi connectivity index (χ0n) is 10.5. The van der Waals surface area contributed by atoms with Crippen LogP contribution >= 0.6 is 0 Å². The van der Waals surface area contributed by atoms with Gasteiger partial charge < -0.3 is 14.7 Å². The maximum absolute atomic E-state index is 14.0. The van der Waals surface area contributed by atoms with Crippen molar-refractivity contribution >= 4 is 17.7 Å². The summed E-state index contributed by atoms with van der Waals surface area (Å²) in [4.78, 5) is 12.4. The van der Waals surface area contributed by atoms with Crippen LogP contribution in [0.25, 0.3) is 6.08 Å². The molecule has 5 heteroatoms. The van der Waals surface area contributed by atoms with E-state index in [1.54, 1.807) is 12.1 Å². The van der Waals surface area contributed by atoms with Gasteiger partial charge in [0.15, 0.2) is 0 Å². The molecule has 0 spiro atoms. The van der Waals surface area contributed by atoms with Crippen LogP contribution < -0.4 is 4.90 Å². The van der Waals surface area contributed by atoms with Crippen LogP contribution in [-0.2, 0) is 9.53 Å². The molecule has 4 nitrogen and oxygen atoms in total. The van der Waals surface area contributed by atoms with Crippen molar-refractivity contribution in [2.45, 2.75) is 6.42 Å². The highest BCUT2D eigenvalue weighted by atomic mass is 19.1. The van der Waals surface area contributed by atoms with E-state index >= 15 is 0 Å². The summed E-state index contributed by atoms with van der Waals surface area (Å²) >= 11 is 0. The Morgan fingerprint density at radius 3 is 2.95 bits per heavy atom. The van der Waals surface area contributed by atoms with Gasteiger partial charge in [-0.1, -0.05) is 6.07 Å². The van der Waals surface area contributed by atoms with Gasteiger partial charge in [0.05, 0.1) is 12.3 Å². The van der Waals surface area contributed by atoms with Crippen molar-refractivity contribution < 1.29 is 19.0 Å². The lowest BCUT2D eigenvalue weighted by atomic mass is 10.1. The molecule has 1 heterocycles. The summed E-state index contributed by atoms with van der Waals surface area (Å²) in [6.07, 6.45) is 3.25. The Bertz CT molecular complexity index is 480. The van der Waals surface area contributed by atoms with Crippen LogP contribution in [0.3, 0.4) is 0 Å². The Hall–Kier alpha value is -1.88. The van der Waals surface area contributed by atoms with Gasteiger partial charge in [0.2, 0.25) is 0 Å². The summed E-state index contributed by atoms with van der Waals surface area (Å²) in [5.74, 6) is -1.39. The standard InChI is InChI=1S/C14H16FNO3/c15-12-10-11(3-5-14(17)18)2-4-13(12)16-6-1-8-19-9-7-16/h2-5,10H,1,6-9H2,(H,17,18). The molecule has 0 unspecified atom stereocenters. The minimum atomic E-state index is -1.05. The van der Waals surface area contributed by atoms with Crippen molar-refractivity contribution in [3.05, 3.63) is 35.7 Å². The van der Waals surface area contributed by atoms with Crippen LogP contribution in [0.1, 0.15) is 12.0 Å². The predicted molar refractivity (Wildman–Crippen MR) is 70.7 cm³/mol. The van der Waals surface area contributed by atoms with Crippen LogP contribution in [-0.4, -0.2) is 37.4 Å². The molecule has 0 amide bonds. The molecule has 1 fully saturated rings. The fraction of sp³-hybridized carbons (Fsp3) is 0.357. The van der Waals surface area contributed by atoms with Gasteiger partial charge in [-0.05, 0) is 30.2 Å². The first kappa shape index (κ1) is 13.5. The molecule has 1 aliphatic rings. The third-order valence-corrected chi connectivity index (χ3v) is 2.95. The molecule has 2 rings (SSSR count). The summed E-state index contributed by atoms with van der Waals surface area (Å²) in [6.45, 7) is 2.74. The molecule has 0 aromatic heterocycles. The van der Waals surface area contributed by atoms with Gasteiger partial charge in [0.25, 0.3) is 0 Å². The second kappa shape index (κ2) is 6.33. The van der Waals surface area contributed by atoms with Gasteiger partial charge in [0.1, 0.15) is 5.82 Å². The third-order valence-electron chi connectivity index (χ3n) is 2.95. The molecule has 19 heavy (non-hydrogen) atoms. The van der Waals surface area contributed by atoms with E-state index in [0.29, 0.717) is 31.0 Å². The highest BCUT2D eigenvalue weighted by Crippen LogP contribution is 2.22. The first-order valence-corrected chi connectivity index (χ1v) is 6.20. The monoisotopic (exact) mass is 265 g/mol. The molecule has 0 radical (unpaired) electrons. The largest absolute Gasteiger partial charge is 0.478 e. The summed E-state index contributed by atoms with van der Waals surface area (Å²) in [5, 5.41) is 8.53. The fourth-order valence-electron chi connectivity index (χ4n) is 2.04. The average molecular weight is 265 g/mol. The lowest BCUT2D eigenvalue weighted by Gasteiger charge is -2.22. The zero-order chi connectivity index (χ0) is 13.7. The molecular formula is C14H16FNO3. The van der Waals surface area contributed by atoms with Gasteiger partial charge in [0, 0.05) is 25.8 Å². The number of carbonyl (C=O) groups is 1. The first-order chi connectivity index (χ1) is 9.16. The number of halogens is 1. The van der Waals surface area contributed by atoms with Crippen molar-refractivity contribution in [3.63, 3.8) is 0 Å². The molecule has 0 saturated carbocycles. The van der Waals surface area contributed by atoms with E-state index < -0.39 is 5.97 Å². The minimum Gasteiger partial charge on any atom is -0.478 e. The second-order valence-corrected chi connectivity index (χ2v) is 4.34. The normalized spacial score (nSPS) is 16.6. The van der Waals surface area contributed by atoms with E-state index in [1.165, 1.54) is 12.1 Å². The maximum Gasteiger partial charge on any atom is 0.328 e. The lowest BCUT2D eigenvalue weighted by Crippen LogP contribution is -2.26. The lowest BCUT2D eigenvalue weighted by molar-refractivity contribution is -0.131. The van der Waals surface area contributed by atoms with Gasteiger partial charge in [-0.2, -0.15) is 0 Å². The first-order valence-electron chi connectivity index (χ1n) is 6.20. The Balaban J connectivity index is 2.16. The molecule has 0 bridgehead atoms. The molecule has 1 saturated heterocycles. The Morgan fingerprint density at radius 2 is 2.21 bits per heavy atom. The smallest absolute Gasteiger partial charge is 0.328 e. The number of carboxylic acids is 1. The van der Waals surface area contributed by atoms with Crippen LogP contribution in [0.2, 0.25) is 0 Å². The van der Waals surface area contributed by atoms with Crippen LogP contribution in [0.4, 0.5) is 10.1 Å². The molecule has 1 aromatic rings. The van der Waals surface area contributed by atoms with E-state index in [1.807, 2.05) is 4.90 Å². The number of aliphatic carboxylic acids is 1. The maximum atomic E-state index is 14.0. The number of benzene rings is 1. The van der Waals surface area contributed by atoms with Crippen molar-refractivity contribution in [1.29, 1.82) is 0 Å². The topological polar surface area (TPSA) is 49.8 Å². The fourth-order valence-corrected chi connectivity index (χ4v) is 2.04. The van der Waals surface area contributed by atoms with Crippen molar-refractivity contribution in [2.75, 3.05) is 31.2 Å². The highest BCUT2D eigenvalue weighted by molar-refractivity contribution is 5.85. The quantitative estimate of drug-likeness (QED) is 0.851. The molecule has 0 atom stereocenters. The number of nitrogens with zero attached hydrogens (tertiary/aromatic N) is 1. The molecule has 102 valence electrons. The van der Waals surface area contributed by atoms with Gasteiger partial charge in [-0.3, -0.25) is 0 Å². The van der Waals surface area contributed by atoms with Crippen LogP contribution in [0, 0.1) is 5.82 Å². The minimum absolute atomic E-state index is 0.338. The molecular weight excluding hydrogens is 249 g/mol. The van der Waals surface area contributed by atoms with E-state index in [2.05, 4.69) is 0 Å². The highest BCUT2D eigenvalue weighted by Gasteiger charge is 2.13. The SMILES string of the molecule is O=C(O)C=Cc1ccc(N2CCCOCC2)c(F)c1. The average Bonchev–Trinajstić information content (AvgIpc) is 2.65. The van der Waals surface area contributed by atoms with Crippen LogP contribution in [0.15, 0.2) is 24.3 Å². The molecule has 1 aliphatic heterocycles. The third kappa shape index (κ3) is 3.79. The van der Waals surface area contributed by atoms with Crippen molar-refractivity contribution in [3.8, 4) is 0 Å². The van der Waals surface area contributed by atoms with E-state index in [-0.39, 0.29) is 5.82 Å². The Labute approximate surface area is 111 Å². The number of anilines is 1. The number of rotatable bonds is 3. The van der Waals surface area contributed by atoms with Crippen molar-refractivity contribution in [1.82, 2.24) is 0 Å².